The summed E-state index contributed by atoms with van der Waals surface area (Å²) in [6.07, 6.45) is 1.89. The lowest BCUT2D eigenvalue weighted by Crippen LogP contribution is -2.24. The third kappa shape index (κ3) is 12.6. The van der Waals surface area contributed by atoms with E-state index >= 15 is 0 Å². The van der Waals surface area contributed by atoms with Gasteiger partial charge in [0, 0.05) is 50.1 Å². The molecule has 0 radical (unpaired) electrons. The Hall–Kier alpha value is -4.37. The van der Waals surface area contributed by atoms with Crippen LogP contribution in [0.4, 0.5) is 0 Å². The number of Topliss-reactive ketones (excluding diaryl/α,β-unsaturated/α-hetero) is 2. The van der Waals surface area contributed by atoms with Crippen molar-refractivity contribution in [3.63, 3.8) is 0 Å². The zero-order valence-electron chi connectivity index (χ0n) is 27.0. The van der Waals surface area contributed by atoms with Crippen molar-refractivity contribution in [3.8, 4) is 23.0 Å². The minimum Gasteiger partial charge on any atom is -0.504 e. The van der Waals surface area contributed by atoms with Gasteiger partial charge >= 0.3 is 0 Å². The van der Waals surface area contributed by atoms with Crippen LogP contribution in [0.15, 0.2) is 97.1 Å². The highest BCUT2D eigenvalue weighted by Crippen LogP contribution is 2.28. The molecular weight excluding hydrogens is 604 g/mol. The molecule has 0 saturated heterocycles. The van der Waals surface area contributed by atoms with Gasteiger partial charge in [-0.2, -0.15) is 0 Å². The van der Waals surface area contributed by atoms with Crippen molar-refractivity contribution in [2.24, 2.45) is 0 Å². The zero-order valence-corrected chi connectivity index (χ0v) is 27.8. The first kappa shape index (κ1) is 37.8. The minimum absolute atomic E-state index is 0. The van der Waals surface area contributed by atoms with E-state index in [1.54, 1.807) is 26.4 Å². The average molecular weight is 649 g/mol. The first-order chi connectivity index (χ1) is 21.8. The van der Waals surface area contributed by atoms with Crippen LogP contribution in [-0.4, -0.2) is 69.6 Å². The maximum atomic E-state index is 12.1. The minimum atomic E-state index is 0. The van der Waals surface area contributed by atoms with Gasteiger partial charge in [0.1, 0.15) is 0 Å². The van der Waals surface area contributed by atoms with Gasteiger partial charge in [0.15, 0.2) is 34.6 Å². The van der Waals surface area contributed by atoms with Crippen LogP contribution >= 0.6 is 12.4 Å². The average Bonchev–Trinajstić information content (AvgIpc) is 3.09. The molecule has 4 aromatic carbocycles. The Balaban J connectivity index is 0.000000316. The van der Waals surface area contributed by atoms with E-state index in [0.29, 0.717) is 31.7 Å². The van der Waals surface area contributed by atoms with Crippen LogP contribution in [0.2, 0.25) is 0 Å². The Morgan fingerprint density at radius 3 is 1.80 bits per heavy atom. The Kier molecular flexibility index (Phi) is 17.0. The lowest BCUT2D eigenvalue weighted by molar-refractivity contribution is 0.0965. The number of hydrogen-bond donors (Lipinski definition) is 2. The molecule has 0 unspecified atom stereocenters. The molecule has 0 bridgehead atoms. The second-order valence-electron chi connectivity index (χ2n) is 10.5. The summed E-state index contributed by atoms with van der Waals surface area (Å²) in [7, 11) is 6.84. The number of ketones is 2. The second kappa shape index (κ2) is 20.6. The molecule has 0 spiro atoms. The fraction of sp³-hybridized carbons (Fsp3) is 0.297. The number of benzene rings is 4. The topological polar surface area (TPSA) is 97.3 Å². The van der Waals surface area contributed by atoms with Crippen LogP contribution in [0.25, 0.3) is 0 Å². The largest absolute Gasteiger partial charge is 0.504 e. The van der Waals surface area contributed by atoms with Crippen molar-refractivity contribution in [2.75, 3.05) is 48.0 Å². The molecule has 0 saturated carbocycles. The summed E-state index contributed by atoms with van der Waals surface area (Å²) in [6.45, 7) is 2.87. The van der Waals surface area contributed by atoms with Crippen molar-refractivity contribution >= 4 is 24.0 Å². The van der Waals surface area contributed by atoms with Gasteiger partial charge in [-0.1, -0.05) is 72.8 Å². The Bertz CT molecular complexity index is 1480. The van der Waals surface area contributed by atoms with Gasteiger partial charge in [0.25, 0.3) is 0 Å². The van der Waals surface area contributed by atoms with Crippen LogP contribution in [0.3, 0.4) is 0 Å². The fourth-order valence-electron chi connectivity index (χ4n) is 4.56. The molecule has 46 heavy (non-hydrogen) atoms. The van der Waals surface area contributed by atoms with E-state index in [0.717, 1.165) is 47.7 Å². The number of methoxy groups -OCH3 is 3. The number of rotatable bonds is 16. The Morgan fingerprint density at radius 2 is 1.22 bits per heavy atom. The molecule has 0 amide bonds. The van der Waals surface area contributed by atoms with Crippen molar-refractivity contribution in [2.45, 2.75) is 25.8 Å². The smallest absolute Gasteiger partial charge is 0.164 e. The van der Waals surface area contributed by atoms with Crippen molar-refractivity contribution in [1.82, 2.24) is 10.2 Å². The van der Waals surface area contributed by atoms with Crippen LogP contribution in [0.5, 0.6) is 23.0 Å². The number of carbonyl (C=O) groups excluding carboxylic acids is 2. The van der Waals surface area contributed by atoms with E-state index < -0.39 is 0 Å². The van der Waals surface area contributed by atoms with Crippen LogP contribution in [0.1, 0.15) is 44.7 Å². The number of ether oxygens (including phenoxy) is 3. The zero-order chi connectivity index (χ0) is 32.4. The summed E-state index contributed by atoms with van der Waals surface area (Å²) < 4.78 is 15.6. The molecule has 0 heterocycles. The summed E-state index contributed by atoms with van der Waals surface area (Å²) >= 11 is 0. The van der Waals surface area contributed by atoms with Gasteiger partial charge in [0.2, 0.25) is 0 Å². The van der Waals surface area contributed by atoms with Crippen molar-refractivity contribution in [3.05, 3.63) is 119 Å². The number of phenolic OH excluding ortho intramolecular Hbond substituents is 1. The third-order valence-electron chi connectivity index (χ3n) is 7.24. The molecular formula is C37H45ClN2O6. The number of phenols is 1. The van der Waals surface area contributed by atoms with Gasteiger partial charge in [-0.15, -0.1) is 12.4 Å². The van der Waals surface area contributed by atoms with E-state index in [4.69, 9.17) is 14.2 Å². The second-order valence-corrected chi connectivity index (χ2v) is 10.5. The summed E-state index contributed by atoms with van der Waals surface area (Å²) in [5.74, 6) is 2.38. The molecule has 0 fully saturated rings. The first-order valence-electron chi connectivity index (χ1n) is 15.0. The van der Waals surface area contributed by atoms with Crippen LogP contribution < -0.4 is 19.5 Å². The quantitative estimate of drug-likeness (QED) is 0.103. The summed E-state index contributed by atoms with van der Waals surface area (Å²) in [5.41, 5.74) is 3.71. The number of nitrogens with zero attached hydrogens (tertiary/aromatic N) is 1. The number of carbonyl (C=O) groups is 2. The van der Waals surface area contributed by atoms with E-state index in [9.17, 15) is 14.7 Å². The monoisotopic (exact) mass is 648 g/mol. The molecule has 0 aromatic heterocycles. The summed E-state index contributed by atoms with van der Waals surface area (Å²) in [6, 6.07) is 29.9. The van der Waals surface area contributed by atoms with Crippen LogP contribution in [0, 0.1) is 0 Å². The van der Waals surface area contributed by atoms with E-state index in [-0.39, 0.29) is 29.7 Å². The Labute approximate surface area is 278 Å². The van der Waals surface area contributed by atoms with Gasteiger partial charge in [-0.05, 0) is 48.9 Å². The summed E-state index contributed by atoms with van der Waals surface area (Å²) in [5, 5.41) is 12.7. The molecule has 4 rings (SSSR count). The normalized spacial score (nSPS) is 10.3. The van der Waals surface area contributed by atoms with Gasteiger partial charge in [-0.3, -0.25) is 9.59 Å². The number of hydrogen-bond acceptors (Lipinski definition) is 8. The fourth-order valence-corrected chi connectivity index (χ4v) is 4.56. The molecule has 9 heteroatoms. The highest BCUT2D eigenvalue weighted by atomic mass is 35.5. The molecule has 8 nitrogen and oxygen atoms in total. The van der Waals surface area contributed by atoms with Gasteiger partial charge in [-0.25, -0.2) is 0 Å². The molecule has 0 aliphatic rings. The van der Waals surface area contributed by atoms with E-state index in [2.05, 4.69) is 10.2 Å². The van der Waals surface area contributed by atoms with Crippen molar-refractivity contribution in [1.29, 1.82) is 0 Å². The molecule has 2 N–H and O–H groups in total. The van der Waals surface area contributed by atoms with E-state index in [1.165, 1.54) is 12.7 Å². The predicted molar refractivity (Wildman–Crippen MR) is 185 cm³/mol. The molecule has 246 valence electrons. The third-order valence-corrected chi connectivity index (χ3v) is 7.24. The Morgan fingerprint density at radius 1 is 0.674 bits per heavy atom. The van der Waals surface area contributed by atoms with E-state index in [1.807, 2.05) is 92.0 Å². The number of halogens is 1. The molecule has 4 aromatic rings. The standard InChI is InChI=1S/C20H25NO3.C17H19NO3.ClH/c1-21(14-12-18(22)17-7-5-4-6-8-17)13-11-16-9-10-19(23-2)20(15-16)24-3;1-21-17-11-13(7-8-16(17)20)12-18-10-9-15(19)14-5-3-2-4-6-14;/h4-10,15H,11-14H2,1-3H3;2-8,11,18,20H,9-10,12H2,1H3;1H. The summed E-state index contributed by atoms with van der Waals surface area (Å²) in [4.78, 5) is 26.2. The molecule has 0 atom stereocenters. The number of likely N-dealkylation sites (N-methyl/N-ethyl adjacent to an activating group) is 1. The number of nitrogens with one attached hydrogen (secondary N) is 1. The SMILES string of the molecule is COc1cc(CNCCC(=O)c2ccccc2)ccc1O.COc1ccc(CCN(C)CCC(=O)c2ccccc2)cc1OC.Cl. The molecule has 0 aliphatic heterocycles. The number of aromatic hydroxyl groups is 1. The van der Waals surface area contributed by atoms with Crippen LogP contribution in [-0.2, 0) is 13.0 Å². The maximum absolute atomic E-state index is 12.1. The van der Waals surface area contributed by atoms with Gasteiger partial charge < -0.3 is 29.5 Å². The molecule has 0 aliphatic carbocycles. The highest BCUT2D eigenvalue weighted by Gasteiger charge is 2.09. The predicted octanol–water partition coefficient (Wildman–Crippen LogP) is 6.64. The van der Waals surface area contributed by atoms with Gasteiger partial charge in [0.05, 0.1) is 21.3 Å². The highest BCUT2D eigenvalue weighted by molar-refractivity contribution is 5.96. The maximum Gasteiger partial charge on any atom is 0.164 e. The lowest BCUT2D eigenvalue weighted by Gasteiger charge is -2.16. The first-order valence-corrected chi connectivity index (χ1v) is 15.0. The lowest BCUT2D eigenvalue weighted by atomic mass is 10.1. The van der Waals surface area contributed by atoms with Crippen molar-refractivity contribution < 1.29 is 28.9 Å².